The number of pyridine rings is 2. The third kappa shape index (κ3) is 13.4. The Balaban J connectivity index is 0.000000200. The Kier molecular flexibility index (Phi) is 16.6. The van der Waals surface area contributed by atoms with E-state index in [0.29, 0.717) is 24.7 Å². The molecule has 2 unspecified atom stereocenters. The standard InChI is InChI=1S/C29H33NO5.C26H27NO5/c1-29(2,3)28(32)35-19-34-27(31)26(21-9-4-5-10-21)22-13-16-24(17-14-22)33-18-23-15-12-20-8-6-7-11-25(20)30-23;1-30-24(28)17-32-26(29)25(19-7-2-3-8-19)20-11-14-22(15-12-20)31-16-21-13-10-18-6-4-5-9-23(18)27-21/h6-8,11-17,21,26H,4-5,9-10,18-19H2,1-3H3;4-6,9-15,19,25H,2-3,7-8,16-17H2,1H3. The van der Waals surface area contributed by atoms with Gasteiger partial charge in [0.15, 0.2) is 6.61 Å². The molecule has 0 radical (unpaired) electrons. The van der Waals surface area contributed by atoms with Gasteiger partial charge in [0, 0.05) is 10.8 Å². The number of fused-ring (bicyclic) bond motifs is 2. The molecule has 67 heavy (non-hydrogen) atoms. The van der Waals surface area contributed by atoms with Crippen LogP contribution in [0, 0.1) is 17.3 Å². The highest BCUT2D eigenvalue weighted by atomic mass is 16.7. The zero-order valence-electron chi connectivity index (χ0n) is 38.8. The van der Waals surface area contributed by atoms with E-state index in [1.807, 2.05) is 121 Å². The number of ether oxygens (including phenoxy) is 6. The van der Waals surface area contributed by atoms with E-state index in [1.54, 1.807) is 20.8 Å². The monoisotopic (exact) mass is 908 g/mol. The predicted octanol–water partition coefficient (Wildman–Crippen LogP) is 11.0. The van der Waals surface area contributed by atoms with Crippen LogP contribution in [0.5, 0.6) is 11.5 Å². The number of rotatable bonds is 16. The molecule has 0 aliphatic heterocycles. The molecule has 12 heteroatoms. The van der Waals surface area contributed by atoms with Gasteiger partial charge in [-0.3, -0.25) is 14.4 Å². The Morgan fingerprint density at radius 1 is 0.552 bits per heavy atom. The van der Waals surface area contributed by atoms with Crippen LogP contribution < -0.4 is 9.47 Å². The minimum absolute atomic E-state index is 0.216. The van der Waals surface area contributed by atoms with Gasteiger partial charge in [-0.2, -0.15) is 0 Å². The van der Waals surface area contributed by atoms with Crippen LogP contribution in [0.25, 0.3) is 21.8 Å². The number of hydrogen-bond acceptors (Lipinski definition) is 12. The largest absolute Gasteiger partial charge is 0.487 e. The van der Waals surface area contributed by atoms with Crippen molar-refractivity contribution in [3.8, 4) is 11.5 Å². The molecule has 2 aromatic heterocycles. The van der Waals surface area contributed by atoms with Crippen LogP contribution in [-0.2, 0) is 51.3 Å². The molecule has 8 rings (SSSR count). The van der Waals surface area contributed by atoms with Crippen LogP contribution in [0.2, 0.25) is 0 Å². The zero-order chi connectivity index (χ0) is 47.2. The van der Waals surface area contributed by atoms with Crippen LogP contribution in [0.15, 0.2) is 121 Å². The maximum atomic E-state index is 13.0. The fourth-order valence-corrected chi connectivity index (χ4v) is 8.74. The summed E-state index contributed by atoms with van der Waals surface area (Å²) in [6.07, 6.45) is 8.33. The highest BCUT2D eigenvalue weighted by Crippen LogP contribution is 2.40. The Labute approximate surface area is 392 Å². The molecule has 0 spiro atoms. The van der Waals surface area contributed by atoms with E-state index >= 15 is 0 Å². The van der Waals surface area contributed by atoms with E-state index in [1.165, 1.54) is 7.11 Å². The van der Waals surface area contributed by atoms with Crippen molar-refractivity contribution in [3.05, 3.63) is 144 Å². The third-order valence-corrected chi connectivity index (χ3v) is 12.4. The molecule has 2 saturated carbocycles. The van der Waals surface area contributed by atoms with Gasteiger partial charge in [0.25, 0.3) is 0 Å². The smallest absolute Gasteiger partial charge is 0.344 e. The molecule has 0 saturated heterocycles. The Morgan fingerprint density at radius 2 is 0.985 bits per heavy atom. The van der Waals surface area contributed by atoms with E-state index in [-0.39, 0.29) is 43.1 Å². The van der Waals surface area contributed by atoms with Crippen molar-refractivity contribution in [1.29, 1.82) is 0 Å². The first kappa shape index (κ1) is 48.1. The summed E-state index contributed by atoms with van der Waals surface area (Å²) in [7, 11) is 1.27. The summed E-state index contributed by atoms with van der Waals surface area (Å²) < 4.78 is 32.2. The van der Waals surface area contributed by atoms with Gasteiger partial charge in [0.1, 0.15) is 24.7 Å². The van der Waals surface area contributed by atoms with E-state index in [9.17, 15) is 19.2 Å². The lowest BCUT2D eigenvalue weighted by Gasteiger charge is -2.23. The van der Waals surface area contributed by atoms with E-state index < -0.39 is 23.3 Å². The van der Waals surface area contributed by atoms with Crippen LogP contribution in [0.1, 0.15) is 106 Å². The number of carbonyl (C=O) groups excluding carboxylic acids is 4. The number of benzene rings is 4. The van der Waals surface area contributed by atoms with Gasteiger partial charge in [-0.25, -0.2) is 14.8 Å². The number of methoxy groups -OCH3 is 1. The van der Waals surface area contributed by atoms with Crippen molar-refractivity contribution in [2.75, 3.05) is 20.5 Å². The zero-order valence-corrected chi connectivity index (χ0v) is 38.8. The first-order valence-corrected chi connectivity index (χ1v) is 23.2. The van der Waals surface area contributed by atoms with Crippen LogP contribution in [0.3, 0.4) is 0 Å². The summed E-state index contributed by atoms with van der Waals surface area (Å²) >= 11 is 0. The minimum Gasteiger partial charge on any atom is -0.487 e. The average Bonchev–Trinajstić information content (AvgIpc) is 4.09. The summed E-state index contributed by atoms with van der Waals surface area (Å²) in [6, 6.07) is 39.1. The minimum atomic E-state index is -0.643. The molecular weight excluding hydrogens is 849 g/mol. The normalized spacial score (nSPS) is 14.9. The van der Waals surface area contributed by atoms with Crippen LogP contribution in [0.4, 0.5) is 0 Å². The molecule has 12 nitrogen and oxygen atoms in total. The molecule has 0 amide bonds. The third-order valence-electron chi connectivity index (χ3n) is 12.4. The Bertz CT molecular complexity index is 2590. The molecule has 2 atom stereocenters. The first-order chi connectivity index (χ1) is 32.4. The van der Waals surface area contributed by atoms with Crippen molar-refractivity contribution < 1.29 is 47.6 Å². The van der Waals surface area contributed by atoms with Crippen molar-refractivity contribution in [2.45, 2.75) is 97.2 Å². The molecule has 6 aromatic rings. The number of aromatic nitrogens is 2. The lowest BCUT2D eigenvalue weighted by Crippen LogP contribution is -2.27. The lowest BCUT2D eigenvalue weighted by atomic mass is 9.85. The second kappa shape index (κ2) is 23.1. The fraction of sp³-hybridized carbons (Fsp3) is 0.382. The number of carbonyl (C=O) groups is 4. The highest BCUT2D eigenvalue weighted by Gasteiger charge is 2.35. The SMILES string of the molecule is CC(C)(C)C(=O)OCOC(=O)C(c1ccc(OCc2ccc3ccccc3n2)cc1)C1CCCC1.COC(=O)COC(=O)C(c1ccc(OCc2ccc3ccccc3n2)cc1)C1CCCC1. The van der Waals surface area contributed by atoms with Gasteiger partial charge >= 0.3 is 23.9 Å². The molecule has 0 N–H and O–H groups in total. The summed E-state index contributed by atoms with van der Waals surface area (Å²) in [4.78, 5) is 58.4. The molecule has 350 valence electrons. The van der Waals surface area contributed by atoms with Crippen molar-refractivity contribution in [1.82, 2.24) is 9.97 Å². The molecule has 2 heterocycles. The molecule has 0 bridgehead atoms. The number of nitrogens with zero attached hydrogens (tertiary/aromatic N) is 2. The molecular formula is C55H60N2O10. The van der Waals surface area contributed by atoms with Crippen LogP contribution in [-0.4, -0.2) is 54.4 Å². The summed E-state index contributed by atoms with van der Waals surface area (Å²) in [5, 5.41) is 2.19. The van der Waals surface area contributed by atoms with Crippen LogP contribution >= 0.6 is 0 Å². The van der Waals surface area contributed by atoms with Crippen molar-refractivity contribution in [2.24, 2.45) is 17.3 Å². The lowest BCUT2D eigenvalue weighted by molar-refractivity contribution is -0.174. The predicted molar refractivity (Wildman–Crippen MR) is 254 cm³/mol. The highest BCUT2D eigenvalue weighted by molar-refractivity contribution is 5.82. The van der Waals surface area contributed by atoms with Gasteiger partial charge in [-0.1, -0.05) is 98.5 Å². The van der Waals surface area contributed by atoms with Gasteiger partial charge in [-0.05, 0) is 118 Å². The number of para-hydroxylation sites is 2. The van der Waals surface area contributed by atoms with Crippen molar-refractivity contribution in [3.63, 3.8) is 0 Å². The Hall–Kier alpha value is -6.82. The number of hydrogen-bond donors (Lipinski definition) is 0. The van der Waals surface area contributed by atoms with E-state index in [0.717, 1.165) is 95.7 Å². The van der Waals surface area contributed by atoms with Gasteiger partial charge < -0.3 is 28.4 Å². The second-order valence-corrected chi connectivity index (χ2v) is 18.2. The maximum absolute atomic E-state index is 13.0. The maximum Gasteiger partial charge on any atom is 0.344 e. The van der Waals surface area contributed by atoms with E-state index in [4.69, 9.17) is 23.7 Å². The quantitative estimate of drug-likeness (QED) is 0.0517. The van der Waals surface area contributed by atoms with E-state index in [2.05, 4.69) is 14.7 Å². The molecule has 2 aliphatic carbocycles. The van der Waals surface area contributed by atoms with Gasteiger partial charge in [-0.15, -0.1) is 0 Å². The van der Waals surface area contributed by atoms with Gasteiger partial charge in [0.05, 0.1) is 46.8 Å². The summed E-state index contributed by atoms with van der Waals surface area (Å²) in [6.45, 7) is 5.28. The molecule has 2 fully saturated rings. The first-order valence-electron chi connectivity index (χ1n) is 23.2. The van der Waals surface area contributed by atoms with Crippen molar-refractivity contribution >= 4 is 45.7 Å². The average molecular weight is 909 g/mol. The van der Waals surface area contributed by atoms with Gasteiger partial charge in [0.2, 0.25) is 6.79 Å². The summed E-state index contributed by atoms with van der Waals surface area (Å²) in [5.74, 6) is -0.620. The molecule has 4 aromatic carbocycles. The topological polar surface area (TPSA) is 149 Å². The number of esters is 4. The molecule has 2 aliphatic rings. The summed E-state index contributed by atoms with van der Waals surface area (Å²) in [5.41, 5.74) is 4.70. The fourth-order valence-electron chi connectivity index (χ4n) is 8.74. The second-order valence-electron chi connectivity index (χ2n) is 18.2. The Morgan fingerprint density at radius 3 is 1.42 bits per heavy atom.